The topological polar surface area (TPSA) is 80.2 Å². The van der Waals surface area contributed by atoms with Gasteiger partial charge in [0.1, 0.15) is 23.9 Å². The monoisotopic (exact) mass is 673 g/mol. The minimum absolute atomic E-state index is 0.170. The van der Waals surface area contributed by atoms with Gasteiger partial charge in [0.25, 0.3) is 0 Å². The van der Waals surface area contributed by atoms with E-state index in [0.717, 1.165) is 40.4 Å². The van der Waals surface area contributed by atoms with Crippen molar-refractivity contribution >= 4 is 50.7 Å². The van der Waals surface area contributed by atoms with Crippen LogP contribution in [0.3, 0.4) is 0 Å². The second kappa shape index (κ2) is 16.1. The maximum absolute atomic E-state index is 9.61. The van der Waals surface area contributed by atoms with Crippen LogP contribution >= 0.6 is 50.7 Å². The molecule has 0 aliphatic carbocycles. The first-order valence-corrected chi connectivity index (χ1v) is 15.3. The summed E-state index contributed by atoms with van der Waals surface area (Å²) in [5, 5.41) is 24.7. The fourth-order valence-corrected chi connectivity index (χ4v) is 4.80. The number of nitrogens with one attached hydrogen (secondary N) is 1. The first-order valence-electron chi connectivity index (χ1n) is 13.1. The fraction of sp³-hybridized carbons (Fsp3) is 0.400. The Morgan fingerprint density at radius 3 is 2.17 bits per heavy atom. The van der Waals surface area contributed by atoms with E-state index in [0.29, 0.717) is 52.1 Å². The standard InChI is InChI=1S/C30H35BrCl3NO5/c1-3-12-38-26-15-27(24(32)14-21(26)16-35-30(2,18-36)19-37)40-17-20-7-4-8-22(28(20)33)23-9-5-10-25(29(23)34)39-13-6-11-31/h4-5,7-10,14-15,35-37H,3,6,11-13,16-19H2,1-2H3. The predicted molar refractivity (Wildman–Crippen MR) is 167 cm³/mol. The van der Waals surface area contributed by atoms with Gasteiger partial charge in [0.15, 0.2) is 0 Å². The Labute approximate surface area is 259 Å². The summed E-state index contributed by atoms with van der Waals surface area (Å²) in [6.07, 6.45) is 1.69. The van der Waals surface area contributed by atoms with Gasteiger partial charge in [-0.25, -0.2) is 0 Å². The number of alkyl halides is 1. The largest absolute Gasteiger partial charge is 0.493 e. The highest BCUT2D eigenvalue weighted by Crippen LogP contribution is 2.40. The van der Waals surface area contributed by atoms with Crippen LogP contribution in [0, 0.1) is 0 Å². The van der Waals surface area contributed by atoms with E-state index in [2.05, 4.69) is 21.2 Å². The molecular weight excluding hydrogens is 641 g/mol. The van der Waals surface area contributed by atoms with Crippen molar-refractivity contribution in [2.24, 2.45) is 0 Å². The summed E-state index contributed by atoms with van der Waals surface area (Å²) < 4.78 is 17.9. The summed E-state index contributed by atoms with van der Waals surface area (Å²) in [6, 6.07) is 14.9. The number of halogens is 4. The van der Waals surface area contributed by atoms with Crippen molar-refractivity contribution in [1.29, 1.82) is 0 Å². The SMILES string of the molecule is CCCOc1cc(OCc2cccc(-c3cccc(OCCCBr)c3Cl)c2Cl)c(Cl)cc1CNC(C)(CO)CO. The molecule has 0 unspecified atom stereocenters. The lowest BCUT2D eigenvalue weighted by Crippen LogP contribution is -2.48. The van der Waals surface area contributed by atoms with Crippen LogP contribution in [0.2, 0.25) is 15.1 Å². The molecule has 0 aromatic heterocycles. The van der Waals surface area contributed by atoms with Gasteiger partial charge < -0.3 is 29.7 Å². The Kier molecular flexibility index (Phi) is 13.2. The third-order valence-corrected chi connectivity index (χ3v) is 7.92. The molecule has 0 saturated carbocycles. The van der Waals surface area contributed by atoms with Crippen LogP contribution in [0.1, 0.15) is 37.8 Å². The van der Waals surface area contributed by atoms with Gasteiger partial charge in [0.05, 0.1) is 47.0 Å². The molecule has 3 N–H and O–H groups in total. The van der Waals surface area contributed by atoms with Crippen molar-refractivity contribution in [3.8, 4) is 28.4 Å². The molecule has 3 rings (SSSR count). The van der Waals surface area contributed by atoms with E-state index in [1.165, 1.54) is 0 Å². The van der Waals surface area contributed by atoms with Crippen molar-refractivity contribution < 1.29 is 24.4 Å². The third kappa shape index (κ3) is 8.65. The van der Waals surface area contributed by atoms with Crippen LogP contribution in [-0.2, 0) is 13.2 Å². The summed E-state index contributed by atoms with van der Waals surface area (Å²) >= 11 is 23.5. The number of benzene rings is 3. The van der Waals surface area contributed by atoms with E-state index in [1.807, 2.05) is 43.3 Å². The number of rotatable bonds is 16. The first kappa shape index (κ1) is 32.8. The van der Waals surface area contributed by atoms with E-state index < -0.39 is 5.54 Å². The average molecular weight is 676 g/mol. The fourth-order valence-electron chi connectivity index (χ4n) is 3.76. The number of ether oxygens (including phenoxy) is 3. The molecule has 0 aliphatic heterocycles. The van der Waals surface area contributed by atoms with Crippen LogP contribution in [0.15, 0.2) is 48.5 Å². The molecule has 0 bridgehead atoms. The van der Waals surface area contributed by atoms with Crippen molar-refractivity contribution in [3.63, 3.8) is 0 Å². The van der Waals surface area contributed by atoms with Gasteiger partial charge in [-0.15, -0.1) is 0 Å². The average Bonchev–Trinajstić information content (AvgIpc) is 2.96. The van der Waals surface area contributed by atoms with Crippen molar-refractivity contribution in [2.75, 3.05) is 31.8 Å². The molecule has 10 heteroatoms. The van der Waals surface area contributed by atoms with Crippen LogP contribution in [0.5, 0.6) is 17.2 Å². The van der Waals surface area contributed by atoms with Crippen LogP contribution in [-0.4, -0.2) is 47.5 Å². The van der Waals surface area contributed by atoms with E-state index in [9.17, 15) is 10.2 Å². The molecule has 0 heterocycles. The molecule has 218 valence electrons. The van der Waals surface area contributed by atoms with Crippen LogP contribution in [0.25, 0.3) is 11.1 Å². The predicted octanol–water partition coefficient (Wildman–Crippen LogP) is 7.68. The maximum Gasteiger partial charge on any atom is 0.142 e. The van der Waals surface area contributed by atoms with Gasteiger partial charge in [-0.1, -0.05) is 88.0 Å². The molecule has 6 nitrogen and oxygen atoms in total. The van der Waals surface area contributed by atoms with Gasteiger partial charge in [-0.3, -0.25) is 0 Å². The lowest BCUT2D eigenvalue weighted by molar-refractivity contribution is 0.103. The molecule has 0 atom stereocenters. The number of hydrogen-bond donors (Lipinski definition) is 3. The van der Waals surface area contributed by atoms with Crippen molar-refractivity contribution in [1.82, 2.24) is 5.32 Å². The zero-order valence-corrected chi connectivity index (χ0v) is 26.5. The molecule has 40 heavy (non-hydrogen) atoms. The number of hydrogen-bond acceptors (Lipinski definition) is 6. The Morgan fingerprint density at radius 2 is 1.50 bits per heavy atom. The van der Waals surface area contributed by atoms with Crippen molar-refractivity contribution in [3.05, 3.63) is 74.7 Å². The molecule has 3 aromatic rings. The molecule has 0 saturated heterocycles. The second-order valence-electron chi connectivity index (χ2n) is 9.55. The minimum Gasteiger partial charge on any atom is -0.493 e. The summed E-state index contributed by atoms with van der Waals surface area (Å²) in [4.78, 5) is 0. The Hall–Kier alpha value is -1.71. The molecule has 0 amide bonds. The zero-order chi connectivity index (χ0) is 29.1. The van der Waals surface area contributed by atoms with Gasteiger partial charge in [-0.05, 0) is 31.9 Å². The molecular formula is C30H35BrCl3NO5. The Bertz CT molecular complexity index is 1260. The molecule has 0 fully saturated rings. The van der Waals surface area contributed by atoms with E-state index in [4.69, 9.17) is 49.0 Å². The summed E-state index contributed by atoms with van der Waals surface area (Å²) in [7, 11) is 0. The van der Waals surface area contributed by atoms with Gasteiger partial charge in [0, 0.05) is 40.2 Å². The lowest BCUT2D eigenvalue weighted by atomic mass is 10.0. The van der Waals surface area contributed by atoms with Crippen LogP contribution < -0.4 is 19.5 Å². The van der Waals surface area contributed by atoms with Gasteiger partial charge in [0.2, 0.25) is 0 Å². The summed E-state index contributed by atoms with van der Waals surface area (Å²) in [6.45, 7) is 4.89. The minimum atomic E-state index is -0.840. The Morgan fingerprint density at radius 1 is 0.825 bits per heavy atom. The number of aliphatic hydroxyl groups excluding tert-OH is 2. The molecule has 0 spiro atoms. The number of aliphatic hydroxyl groups is 2. The van der Waals surface area contributed by atoms with Gasteiger partial charge >= 0.3 is 0 Å². The summed E-state index contributed by atoms with van der Waals surface area (Å²) in [5.41, 5.74) is 2.25. The smallest absolute Gasteiger partial charge is 0.142 e. The van der Waals surface area contributed by atoms with E-state index in [1.54, 1.807) is 19.1 Å². The highest BCUT2D eigenvalue weighted by atomic mass is 79.9. The molecule has 0 radical (unpaired) electrons. The van der Waals surface area contributed by atoms with Gasteiger partial charge in [-0.2, -0.15) is 0 Å². The highest BCUT2D eigenvalue weighted by molar-refractivity contribution is 9.09. The lowest BCUT2D eigenvalue weighted by Gasteiger charge is -2.27. The van der Waals surface area contributed by atoms with E-state index in [-0.39, 0.29) is 19.8 Å². The highest BCUT2D eigenvalue weighted by Gasteiger charge is 2.23. The quantitative estimate of drug-likeness (QED) is 0.107. The maximum atomic E-state index is 9.61. The summed E-state index contributed by atoms with van der Waals surface area (Å²) in [5.74, 6) is 1.66. The normalized spacial score (nSPS) is 11.5. The third-order valence-electron chi connectivity index (χ3n) is 6.23. The zero-order valence-electron chi connectivity index (χ0n) is 22.6. The molecule has 0 aliphatic rings. The Balaban J connectivity index is 1.83. The second-order valence-corrected chi connectivity index (χ2v) is 11.5. The first-order chi connectivity index (χ1) is 19.3. The van der Waals surface area contributed by atoms with Crippen LogP contribution in [0.4, 0.5) is 0 Å². The van der Waals surface area contributed by atoms with Crippen molar-refractivity contribution in [2.45, 2.75) is 45.4 Å². The van der Waals surface area contributed by atoms with E-state index >= 15 is 0 Å². The molecule has 3 aromatic carbocycles.